The van der Waals surface area contributed by atoms with Crippen LogP contribution in [0.5, 0.6) is 17.8 Å². The predicted octanol–water partition coefficient (Wildman–Crippen LogP) is 3.20. The van der Waals surface area contributed by atoms with E-state index in [2.05, 4.69) is 21.0 Å². The smallest absolute Gasteiger partial charge is 0.329 e. The fraction of sp³-hybridized carbons (Fsp3) is 0.286. The summed E-state index contributed by atoms with van der Waals surface area (Å²) in [5, 5.41) is 8.93. The normalized spacial score (nSPS) is 10.0. The summed E-state index contributed by atoms with van der Waals surface area (Å²) in [5.41, 5.74) is 2.18. The lowest BCUT2D eigenvalue weighted by molar-refractivity contribution is 0.302. The van der Waals surface area contributed by atoms with Gasteiger partial charge in [0.25, 0.3) is 0 Å². The molecule has 6 nitrogen and oxygen atoms in total. The summed E-state index contributed by atoms with van der Waals surface area (Å²) in [7, 11) is 0. The lowest BCUT2D eigenvalue weighted by atomic mass is 10.1. The largest absolute Gasteiger partial charge is 0.464 e. The van der Waals surface area contributed by atoms with E-state index >= 15 is 0 Å². The standard InChI is InChI=1S/C14H13ClN4O2/c1-4-20-13-17-12(15)18-14(19-13)21-11-8(2)5-10(7-16)6-9(11)3/h5-6H,4H2,1-3H3. The molecule has 1 heterocycles. The molecule has 2 rings (SSSR count). The summed E-state index contributed by atoms with van der Waals surface area (Å²) < 4.78 is 10.9. The van der Waals surface area contributed by atoms with Crippen molar-refractivity contribution in [2.75, 3.05) is 6.61 Å². The predicted molar refractivity (Wildman–Crippen MR) is 76.7 cm³/mol. The number of hydrogen-bond acceptors (Lipinski definition) is 6. The van der Waals surface area contributed by atoms with Crippen molar-refractivity contribution < 1.29 is 9.47 Å². The van der Waals surface area contributed by atoms with Crippen LogP contribution in [0, 0.1) is 25.2 Å². The second-order valence-electron chi connectivity index (χ2n) is 4.26. The third-order valence-corrected chi connectivity index (χ3v) is 2.79. The minimum absolute atomic E-state index is 0.00704. The third kappa shape index (κ3) is 3.58. The Labute approximate surface area is 127 Å². The van der Waals surface area contributed by atoms with Crippen molar-refractivity contribution in [1.82, 2.24) is 15.0 Å². The SMILES string of the molecule is CCOc1nc(Cl)nc(Oc2c(C)cc(C#N)cc2C)n1. The second kappa shape index (κ2) is 6.37. The number of ether oxygens (including phenoxy) is 2. The Morgan fingerprint density at radius 1 is 1.14 bits per heavy atom. The molecule has 0 aliphatic rings. The van der Waals surface area contributed by atoms with Crippen molar-refractivity contribution in [1.29, 1.82) is 5.26 Å². The lowest BCUT2D eigenvalue weighted by Crippen LogP contribution is -2.02. The molecule has 21 heavy (non-hydrogen) atoms. The maximum absolute atomic E-state index is 8.94. The number of hydrogen-bond donors (Lipinski definition) is 0. The second-order valence-corrected chi connectivity index (χ2v) is 4.59. The van der Waals surface area contributed by atoms with E-state index in [0.29, 0.717) is 17.9 Å². The zero-order valence-corrected chi connectivity index (χ0v) is 12.6. The van der Waals surface area contributed by atoms with Crippen LogP contribution in [0.15, 0.2) is 12.1 Å². The summed E-state index contributed by atoms with van der Waals surface area (Å²) in [4.78, 5) is 11.8. The number of aromatic nitrogens is 3. The van der Waals surface area contributed by atoms with Crippen LogP contribution < -0.4 is 9.47 Å². The summed E-state index contributed by atoms with van der Waals surface area (Å²) in [5.74, 6) is 0.582. The third-order valence-electron chi connectivity index (χ3n) is 2.62. The van der Waals surface area contributed by atoms with Crippen molar-refractivity contribution in [3.05, 3.63) is 34.1 Å². The van der Waals surface area contributed by atoms with Gasteiger partial charge >= 0.3 is 12.0 Å². The first kappa shape index (κ1) is 15.0. The molecule has 0 bridgehead atoms. The van der Waals surface area contributed by atoms with Gasteiger partial charge in [0.15, 0.2) is 0 Å². The molecule has 0 radical (unpaired) electrons. The maximum atomic E-state index is 8.94. The highest BCUT2D eigenvalue weighted by molar-refractivity contribution is 6.28. The van der Waals surface area contributed by atoms with E-state index in [1.165, 1.54) is 0 Å². The van der Waals surface area contributed by atoms with Gasteiger partial charge in [-0.2, -0.15) is 15.2 Å². The Morgan fingerprint density at radius 2 is 1.76 bits per heavy atom. The van der Waals surface area contributed by atoms with E-state index < -0.39 is 0 Å². The van der Waals surface area contributed by atoms with Gasteiger partial charge in [0.05, 0.1) is 18.2 Å². The van der Waals surface area contributed by atoms with Gasteiger partial charge in [-0.3, -0.25) is 0 Å². The van der Waals surface area contributed by atoms with E-state index in [1.54, 1.807) is 12.1 Å². The van der Waals surface area contributed by atoms with Crippen LogP contribution in [-0.4, -0.2) is 21.6 Å². The van der Waals surface area contributed by atoms with Gasteiger partial charge in [-0.25, -0.2) is 0 Å². The lowest BCUT2D eigenvalue weighted by Gasteiger charge is -2.11. The number of benzene rings is 1. The molecule has 0 unspecified atom stereocenters. The van der Waals surface area contributed by atoms with Crippen molar-refractivity contribution in [3.63, 3.8) is 0 Å². The molecule has 0 aliphatic heterocycles. The van der Waals surface area contributed by atoms with E-state index in [0.717, 1.165) is 11.1 Å². The molecule has 0 atom stereocenters. The highest BCUT2D eigenvalue weighted by Crippen LogP contribution is 2.29. The molecule has 2 aromatic rings. The van der Waals surface area contributed by atoms with Crippen molar-refractivity contribution in [2.45, 2.75) is 20.8 Å². The Hall–Kier alpha value is -2.39. The summed E-state index contributed by atoms with van der Waals surface area (Å²) in [6, 6.07) is 5.72. The van der Waals surface area contributed by atoms with Gasteiger partial charge in [-0.05, 0) is 55.6 Å². The van der Waals surface area contributed by atoms with Crippen LogP contribution in [0.1, 0.15) is 23.6 Å². The number of nitrogens with zero attached hydrogens (tertiary/aromatic N) is 4. The van der Waals surface area contributed by atoms with Crippen LogP contribution in [0.4, 0.5) is 0 Å². The maximum Gasteiger partial charge on any atom is 0.329 e. The van der Waals surface area contributed by atoms with Gasteiger partial charge in [-0.15, -0.1) is 4.98 Å². The quantitative estimate of drug-likeness (QED) is 0.862. The summed E-state index contributed by atoms with van der Waals surface area (Å²) in [6.07, 6.45) is 0. The molecule has 0 amide bonds. The van der Waals surface area contributed by atoms with Crippen molar-refractivity contribution in [3.8, 4) is 23.8 Å². The van der Waals surface area contributed by atoms with Gasteiger partial charge < -0.3 is 9.47 Å². The van der Waals surface area contributed by atoms with Crippen molar-refractivity contribution >= 4 is 11.6 Å². The highest BCUT2D eigenvalue weighted by Gasteiger charge is 2.12. The monoisotopic (exact) mass is 304 g/mol. The molecule has 0 spiro atoms. The Morgan fingerprint density at radius 3 is 2.33 bits per heavy atom. The number of nitriles is 1. The highest BCUT2D eigenvalue weighted by atomic mass is 35.5. The molecular formula is C14H13ClN4O2. The molecule has 1 aromatic heterocycles. The average molecular weight is 305 g/mol. The fourth-order valence-corrected chi connectivity index (χ4v) is 1.97. The van der Waals surface area contributed by atoms with Crippen LogP contribution in [-0.2, 0) is 0 Å². The molecule has 108 valence electrons. The topological polar surface area (TPSA) is 80.9 Å². The first-order chi connectivity index (χ1) is 10.0. The van der Waals surface area contributed by atoms with Crippen LogP contribution >= 0.6 is 11.6 Å². The molecule has 0 saturated carbocycles. The van der Waals surface area contributed by atoms with Crippen LogP contribution in [0.25, 0.3) is 0 Å². The summed E-state index contributed by atoms with van der Waals surface area (Å²) in [6.45, 7) is 5.91. The van der Waals surface area contributed by atoms with Gasteiger partial charge in [0.1, 0.15) is 5.75 Å². The number of aryl methyl sites for hydroxylation is 2. The molecule has 0 fully saturated rings. The number of halogens is 1. The molecule has 7 heteroatoms. The van der Waals surface area contributed by atoms with Gasteiger partial charge in [0, 0.05) is 0 Å². The van der Waals surface area contributed by atoms with Gasteiger partial charge in [-0.1, -0.05) is 0 Å². The van der Waals surface area contributed by atoms with Gasteiger partial charge in [0.2, 0.25) is 5.28 Å². The zero-order valence-electron chi connectivity index (χ0n) is 11.8. The molecule has 0 aliphatic carbocycles. The van der Waals surface area contributed by atoms with Crippen LogP contribution in [0.2, 0.25) is 5.28 Å². The van der Waals surface area contributed by atoms with Crippen molar-refractivity contribution in [2.24, 2.45) is 0 Å². The first-order valence-corrected chi connectivity index (χ1v) is 6.65. The number of rotatable bonds is 4. The molecule has 0 saturated heterocycles. The minimum Gasteiger partial charge on any atom is -0.464 e. The van der Waals surface area contributed by atoms with E-state index in [4.69, 9.17) is 26.3 Å². The van der Waals surface area contributed by atoms with E-state index in [9.17, 15) is 0 Å². The molecular weight excluding hydrogens is 292 g/mol. The first-order valence-electron chi connectivity index (χ1n) is 6.27. The average Bonchev–Trinajstić information content (AvgIpc) is 2.42. The zero-order chi connectivity index (χ0) is 15.4. The van der Waals surface area contributed by atoms with Crippen LogP contribution in [0.3, 0.4) is 0 Å². The Bertz CT molecular complexity index is 690. The Balaban J connectivity index is 2.36. The Kier molecular flexibility index (Phi) is 4.55. The van der Waals surface area contributed by atoms with E-state index in [-0.39, 0.29) is 17.3 Å². The minimum atomic E-state index is -0.00704. The molecule has 0 N–H and O–H groups in total. The fourth-order valence-electron chi connectivity index (χ4n) is 1.82. The van der Waals surface area contributed by atoms with E-state index in [1.807, 2.05) is 20.8 Å². The molecule has 1 aromatic carbocycles. The summed E-state index contributed by atoms with van der Waals surface area (Å²) >= 11 is 5.81.